The molecular formula is C17H17N3S2. The van der Waals surface area contributed by atoms with Gasteiger partial charge in [-0.1, -0.05) is 12.1 Å². The lowest BCUT2D eigenvalue weighted by Gasteiger charge is -2.06. The molecule has 0 unspecified atom stereocenters. The normalized spacial score (nSPS) is 12.4. The van der Waals surface area contributed by atoms with Gasteiger partial charge in [0.1, 0.15) is 0 Å². The van der Waals surface area contributed by atoms with E-state index in [1.54, 1.807) is 29.7 Å². The van der Waals surface area contributed by atoms with Crippen molar-refractivity contribution >= 4 is 28.9 Å². The lowest BCUT2D eigenvalue weighted by atomic mass is 10.1. The van der Waals surface area contributed by atoms with Gasteiger partial charge in [-0.2, -0.15) is 16.4 Å². The summed E-state index contributed by atoms with van der Waals surface area (Å²) in [5.41, 5.74) is 5.92. The molecule has 1 aromatic carbocycles. The maximum Gasteiger partial charge on any atom is 0.205 e. The zero-order valence-electron chi connectivity index (χ0n) is 12.8. The van der Waals surface area contributed by atoms with Crippen LogP contribution in [0.25, 0.3) is 11.3 Å². The van der Waals surface area contributed by atoms with Crippen molar-refractivity contribution in [3.63, 3.8) is 0 Å². The third-order valence-corrected chi connectivity index (χ3v) is 5.15. The van der Waals surface area contributed by atoms with E-state index < -0.39 is 0 Å². The molecule has 0 aliphatic heterocycles. The van der Waals surface area contributed by atoms with Gasteiger partial charge < -0.3 is 0 Å². The summed E-state index contributed by atoms with van der Waals surface area (Å²) in [5.74, 6) is 0. The van der Waals surface area contributed by atoms with Crippen molar-refractivity contribution in [3.8, 4) is 11.3 Å². The van der Waals surface area contributed by atoms with Crippen molar-refractivity contribution in [1.82, 2.24) is 4.68 Å². The summed E-state index contributed by atoms with van der Waals surface area (Å²) in [7, 11) is 1.80. The summed E-state index contributed by atoms with van der Waals surface area (Å²) in [6.45, 7) is 4.26. The molecule has 112 valence electrons. The van der Waals surface area contributed by atoms with Gasteiger partial charge in [-0.15, -0.1) is 11.3 Å². The topological polar surface area (TPSA) is 29.6 Å². The Balaban J connectivity index is 2.09. The van der Waals surface area contributed by atoms with Crippen LogP contribution in [0.5, 0.6) is 0 Å². The largest absolute Gasteiger partial charge is 0.261 e. The average molecular weight is 327 g/mol. The van der Waals surface area contributed by atoms with Crippen molar-refractivity contribution < 1.29 is 0 Å². The molecule has 22 heavy (non-hydrogen) atoms. The highest BCUT2D eigenvalue weighted by Gasteiger charge is 2.08. The molecule has 0 amide bonds. The summed E-state index contributed by atoms with van der Waals surface area (Å²) in [5, 5.41) is 10.9. The van der Waals surface area contributed by atoms with E-state index in [-0.39, 0.29) is 0 Å². The van der Waals surface area contributed by atoms with Gasteiger partial charge in [0.05, 0.1) is 11.9 Å². The predicted molar refractivity (Wildman–Crippen MR) is 96.0 cm³/mol. The third kappa shape index (κ3) is 2.96. The molecule has 0 spiro atoms. The number of thiazole rings is 1. The van der Waals surface area contributed by atoms with Crippen molar-refractivity contribution in [1.29, 1.82) is 0 Å². The van der Waals surface area contributed by atoms with Crippen LogP contribution in [0, 0.1) is 13.8 Å². The summed E-state index contributed by atoms with van der Waals surface area (Å²) >= 11 is 3.27. The number of aromatic nitrogens is 1. The number of hydrogen-bond donors (Lipinski definition) is 0. The van der Waals surface area contributed by atoms with Crippen LogP contribution in [0.15, 0.2) is 50.5 Å². The van der Waals surface area contributed by atoms with Gasteiger partial charge in [0, 0.05) is 23.6 Å². The van der Waals surface area contributed by atoms with E-state index in [4.69, 9.17) is 0 Å². The fourth-order valence-corrected chi connectivity index (χ4v) is 3.55. The van der Waals surface area contributed by atoms with E-state index in [0.717, 1.165) is 21.6 Å². The summed E-state index contributed by atoms with van der Waals surface area (Å²) in [4.78, 5) is 5.22. The molecule has 0 aliphatic rings. The predicted octanol–water partition coefficient (Wildman–Crippen LogP) is 4.31. The second-order valence-corrected chi connectivity index (χ2v) is 6.66. The SMILES string of the molecule is CN=c1scc(-c2ccc(C)c(C)c2)n1N=Cc1ccsc1. The second-order valence-electron chi connectivity index (χ2n) is 5.04. The Kier molecular flexibility index (Phi) is 4.36. The standard InChI is InChI=1S/C17H17N3S2/c1-12-4-5-15(8-13(12)2)16-11-22-17(18-3)20(16)19-9-14-6-7-21-10-14/h4-11H,1-3H3. The van der Waals surface area contributed by atoms with E-state index >= 15 is 0 Å². The average Bonchev–Trinajstić information content (AvgIpc) is 3.16. The molecule has 0 radical (unpaired) electrons. The van der Waals surface area contributed by atoms with Gasteiger partial charge in [0.25, 0.3) is 0 Å². The third-order valence-electron chi connectivity index (χ3n) is 3.54. The van der Waals surface area contributed by atoms with E-state index in [1.165, 1.54) is 11.1 Å². The lowest BCUT2D eigenvalue weighted by Crippen LogP contribution is -2.11. The minimum atomic E-state index is 0.889. The summed E-state index contributed by atoms with van der Waals surface area (Å²) < 4.78 is 1.91. The first kappa shape index (κ1) is 14.9. The number of benzene rings is 1. The Morgan fingerprint density at radius 2 is 1.95 bits per heavy atom. The van der Waals surface area contributed by atoms with E-state index in [9.17, 15) is 0 Å². The summed E-state index contributed by atoms with van der Waals surface area (Å²) in [6.07, 6.45) is 1.88. The van der Waals surface area contributed by atoms with Gasteiger partial charge in [-0.05, 0) is 47.9 Å². The highest BCUT2D eigenvalue weighted by atomic mass is 32.1. The van der Waals surface area contributed by atoms with Gasteiger partial charge in [-0.25, -0.2) is 4.68 Å². The van der Waals surface area contributed by atoms with Crippen LogP contribution in [0.4, 0.5) is 0 Å². The fraction of sp³-hybridized carbons (Fsp3) is 0.176. The Labute approximate surface area is 137 Å². The molecule has 5 heteroatoms. The molecule has 2 heterocycles. The van der Waals surface area contributed by atoms with E-state index in [1.807, 2.05) is 10.9 Å². The van der Waals surface area contributed by atoms with Crippen molar-refractivity contribution in [2.45, 2.75) is 13.8 Å². The Morgan fingerprint density at radius 1 is 1.09 bits per heavy atom. The minimum Gasteiger partial charge on any atom is -0.261 e. The summed E-state index contributed by atoms with van der Waals surface area (Å²) in [6, 6.07) is 8.55. The Morgan fingerprint density at radius 3 is 2.64 bits per heavy atom. The molecule has 0 atom stereocenters. The first-order valence-corrected chi connectivity index (χ1v) is 8.79. The maximum atomic E-state index is 4.62. The molecule has 0 saturated heterocycles. The fourth-order valence-electron chi connectivity index (χ4n) is 2.13. The number of nitrogens with zero attached hydrogens (tertiary/aromatic N) is 3. The van der Waals surface area contributed by atoms with Crippen LogP contribution in [0.2, 0.25) is 0 Å². The van der Waals surface area contributed by atoms with E-state index in [0.29, 0.717) is 0 Å². The van der Waals surface area contributed by atoms with Gasteiger partial charge in [0.15, 0.2) is 0 Å². The highest BCUT2D eigenvalue weighted by molar-refractivity contribution is 7.08. The van der Waals surface area contributed by atoms with Crippen LogP contribution in [-0.4, -0.2) is 17.9 Å². The monoisotopic (exact) mass is 327 g/mol. The molecule has 0 aliphatic carbocycles. The van der Waals surface area contributed by atoms with Gasteiger partial charge in [0.2, 0.25) is 4.80 Å². The quantitative estimate of drug-likeness (QED) is 0.642. The zero-order chi connectivity index (χ0) is 15.5. The molecule has 3 rings (SSSR count). The van der Waals surface area contributed by atoms with Crippen LogP contribution < -0.4 is 4.80 Å². The molecule has 2 aromatic heterocycles. The molecule has 0 bridgehead atoms. The number of aryl methyl sites for hydroxylation is 2. The van der Waals surface area contributed by atoms with Crippen LogP contribution >= 0.6 is 22.7 Å². The molecule has 0 fully saturated rings. The van der Waals surface area contributed by atoms with Crippen molar-refractivity contribution in [3.05, 3.63) is 61.9 Å². The number of rotatable bonds is 3. The van der Waals surface area contributed by atoms with Crippen LogP contribution in [-0.2, 0) is 0 Å². The Hall–Kier alpha value is -1.98. The van der Waals surface area contributed by atoms with Crippen molar-refractivity contribution in [2.24, 2.45) is 10.1 Å². The maximum absolute atomic E-state index is 4.62. The molecule has 0 N–H and O–H groups in total. The number of hydrogen-bond acceptors (Lipinski definition) is 4. The molecular weight excluding hydrogens is 310 g/mol. The van der Waals surface area contributed by atoms with Crippen LogP contribution in [0.1, 0.15) is 16.7 Å². The van der Waals surface area contributed by atoms with Gasteiger partial charge in [-0.3, -0.25) is 4.99 Å². The molecule has 0 saturated carbocycles. The first-order chi connectivity index (χ1) is 10.7. The Bertz CT molecular complexity index is 868. The van der Waals surface area contributed by atoms with Crippen LogP contribution in [0.3, 0.4) is 0 Å². The van der Waals surface area contributed by atoms with Crippen molar-refractivity contribution in [2.75, 3.05) is 7.05 Å². The minimum absolute atomic E-state index is 0.889. The second kappa shape index (κ2) is 6.42. The molecule has 3 nitrogen and oxygen atoms in total. The smallest absolute Gasteiger partial charge is 0.205 e. The first-order valence-electron chi connectivity index (χ1n) is 6.96. The number of thiophene rings is 1. The lowest BCUT2D eigenvalue weighted by molar-refractivity contribution is 0.848. The highest BCUT2D eigenvalue weighted by Crippen LogP contribution is 2.23. The molecule has 3 aromatic rings. The zero-order valence-corrected chi connectivity index (χ0v) is 14.4. The van der Waals surface area contributed by atoms with Gasteiger partial charge >= 0.3 is 0 Å². The van der Waals surface area contributed by atoms with E-state index in [2.05, 4.69) is 64.3 Å².